The van der Waals surface area contributed by atoms with Gasteiger partial charge in [-0.15, -0.1) is 0 Å². The Morgan fingerprint density at radius 2 is 2.10 bits per heavy atom. The minimum absolute atomic E-state index is 0.196. The largest absolute Gasteiger partial charge is 0.382 e. The van der Waals surface area contributed by atoms with Crippen LogP contribution >= 0.6 is 11.6 Å². The van der Waals surface area contributed by atoms with Crippen molar-refractivity contribution in [1.82, 2.24) is 5.32 Å². The van der Waals surface area contributed by atoms with Gasteiger partial charge in [0.25, 0.3) is 0 Å². The molecule has 1 aromatic carbocycles. The van der Waals surface area contributed by atoms with E-state index in [4.69, 9.17) is 16.3 Å². The Labute approximate surface area is 126 Å². The van der Waals surface area contributed by atoms with Crippen LogP contribution in [0.2, 0.25) is 5.02 Å². The van der Waals surface area contributed by atoms with Crippen molar-refractivity contribution in [2.45, 2.75) is 51.7 Å². The molecular formula is C16H25ClFNO. The van der Waals surface area contributed by atoms with Gasteiger partial charge < -0.3 is 10.1 Å². The van der Waals surface area contributed by atoms with Crippen molar-refractivity contribution in [1.29, 1.82) is 0 Å². The summed E-state index contributed by atoms with van der Waals surface area (Å²) in [4.78, 5) is 0. The summed E-state index contributed by atoms with van der Waals surface area (Å²) in [5, 5.41) is 3.74. The van der Waals surface area contributed by atoms with Gasteiger partial charge in [-0.3, -0.25) is 0 Å². The van der Waals surface area contributed by atoms with Gasteiger partial charge in [0.2, 0.25) is 0 Å². The van der Waals surface area contributed by atoms with Crippen LogP contribution in [-0.2, 0) is 11.2 Å². The molecule has 0 saturated heterocycles. The van der Waals surface area contributed by atoms with Crippen LogP contribution in [0.3, 0.4) is 0 Å². The third-order valence-corrected chi connectivity index (χ3v) is 3.76. The second kappa shape index (κ2) is 9.32. The summed E-state index contributed by atoms with van der Waals surface area (Å²) in [6.45, 7) is 5.21. The molecule has 1 aromatic rings. The number of methoxy groups -OCH3 is 1. The van der Waals surface area contributed by atoms with Crippen molar-refractivity contribution in [3.8, 4) is 0 Å². The van der Waals surface area contributed by atoms with Gasteiger partial charge in [-0.05, 0) is 56.8 Å². The average molecular weight is 302 g/mol. The fraction of sp³-hybridized carbons (Fsp3) is 0.625. The molecule has 2 nitrogen and oxygen atoms in total. The third-order valence-electron chi connectivity index (χ3n) is 3.47. The normalized spacial score (nSPS) is 14.2. The standard InChI is InChI=1S/C16H25ClFNO/c1-4-9-19-14(7-5-12(2)20-3)10-13-6-8-16(18)15(17)11-13/h6,8,11-12,14,19H,4-5,7,9-10H2,1-3H3. The number of rotatable bonds is 9. The maximum absolute atomic E-state index is 13.2. The van der Waals surface area contributed by atoms with Gasteiger partial charge in [0, 0.05) is 13.2 Å². The number of benzene rings is 1. The van der Waals surface area contributed by atoms with Gasteiger partial charge >= 0.3 is 0 Å². The molecule has 2 atom stereocenters. The lowest BCUT2D eigenvalue weighted by Crippen LogP contribution is -2.32. The summed E-state index contributed by atoms with van der Waals surface area (Å²) in [5.41, 5.74) is 1.06. The molecule has 20 heavy (non-hydrogen) atoms. The monoisotopic (exact) mass is 301 g/mol. The minimum atomic E-state index is -0.360. The van der Waals surface area contributed by atoms with Crippen LogP contribution in [-0.4, -0.2) is 25.8 Å². The van der Waals surface area contributed by atoms with Gasteiger partial charge in [0.1, 0.15) is 5.82 Å². The van der Waals surface area contributed by atoms with Crippen LogP contribution in [0, 0.1) is 5.82 Å². The van der Waals surface area contributed by atoms with Crippen LogP contribution in [0.4, 0.5) is 4.39 Å². The number of halogens is 2. The number of hydrogen-bond donors (Lipinski definition) is 1. The Kier molecular flexibility index (Phi) is 8.12. The van der Waals surface area contributed by atoms with E-state index in [1.165, 1.54) is 6.07 Å². The molecule has 0 aromatic heterocycles. The molecule has 0 amide bonds. The Bertz CT molecular complexity index is 400. The third kappa shape index (κ3) is 6.21. The predicted molar refractivity (Wildman–Crippen MR) is 82.9 cm³/mol. The topological polar surface area (TPSA) is 21.3 Å². The fourth-order valence-corrected chi connectivity index (χ4v) is 2.33. The van der Waals surface area contributed by atoms with E-state index < -0.39 is 0 Å². The zero-order valence-corrected chi connectivity index (χ0v) is 13.3. The Morgan fingerprint density at radius 3 is 2.70 bits per heavy atom. The first-order chi connectivity index (χ1) is 9.56. The summed E-state index contributed by atoms with van der Waals surface area (Å²) in [6, 6.07) is 5.33. The highest BCUT2D eigenvalue weighted by atomic mass is 35.5. The molecule has 114 valence electrons. The van der Waals surface area contributed by atoms with E-state index in [1.54, 1.807) is 13.2 Å². The smallest absolute Gasteiger partial charge is 0.141 e. The van der Waals surface area contributed by atoms with Gasteiger partial charge in [-0.25, -0.2) is 4.39 Å². The molecule has 0 aliphatic carbocycles. The SMILES string of the molecule is CCCNC(CCC(C)OC)Cc1ccc(F)c(Cl)c1. The molecule has 0 bridgehead atoms. The maximum Gasteiger partial charge on any atom is 0.141 e. The highest BCUT2D eigenvalue weighted by molar-refractivity contribution is 6.30. The summed E-state index contributed by atoms with van der Waals surface area (Å²) in [6.07, 6.45) is 4.26. The van der Waals surface area contributed by atoms with Gasteiger partial charge in [-0.1, -0.05) is 24.6 Å². The first-order valence-electron chi connectivity index (χ1n) is 7.26. The van der Waals surface area contributed by atoms with Crippen LogP contribution < -0.4 is 5.32 Å². The Balaban J connectivity index is 2.60. The van der Waals surface area contributed by atoms with Crippen molar-refractivity contribution >= 4 is 11.6 Å². The minimum Gasteiger partial charge on any atom is -0.382 e. The average Bonchev–Trinajstić information content (AvgIpc) is 2.45. The highest BCUT2D eigenvalue weighted by Crippen LogP contribution is 2.18. The number of nitrogens with one attached hydrogen (secondary N) is 1. The zero-order chi connectivity index (χ0) is 15.0. The molecular weight excluding hydrogens is 277 g/mol. The molecule has 0 radical (unpaired) electrons. The van der Waals surface area contributed by atoms with Crippen molar-refractivity contribution in [2.75, 3.05) is 13.7 Å². The van der Waals surface area contributed by atoms with E-state index in [2.05, 4.69) is 19.2 Å². The number of ether oxygens (including phenoxy) is 1. The van der Waals surface area contributed by atoms with E-state index in [0.29, 0.717) is 6.04 Å². The van der Waals surface area contributed by atoms with Gasteiger partial charge in [0.05, 0.1) is 11.1 Å². The van der Waals surface area contributed by atoms with Crippen molar-refractivity contribution < 1.29 is 9.13 Å². The lowest BCUT2D eigenvalue weighted by molar-refractivity contribution is 0.106. The molecule has 0 spiro atoms. The molecule has 0 aliphatic heterocycles. The van der Waals surface area contributed by atoms with Crippen LogP contribution in [0.15, 0.2) is 18.2 Å². The first-order valence-corrected chi connectivity index (χ1v) is 7.64. The van der Waals surface area contributed by atoms with E-state index in [1.807, 2.05) is 6.07 Å². The van der Waals surface area contributed by atoms with E-state index in [-0.39, 0.29) is 16.9 Å². The van der Waals surface area contributed by atoms with Gasteiger partial charge in [0.15, 0.2) is 0 Å². The predicted octanol–water partition coefficient (Wildman–Crippen LogP) is 4.20. The summed E-state index contributed by atoms with van der Waals surface area (Å²) in [5.74, 6) is -0.360. The van der Waals surface area contributed by atoms with Crippen LogP contribution in [0.5, 0.6) is 0 Å². The van der Waals surface area contributed by atoms with Crippen LogP contribution in [0.1, 0.15) is 38.7 Å². The lowest BCUT2D eigenvalue weighted by Gasteiger charge is -2.20. The first kappa shape index (κ1) is 17.4. The lowest BCUT2D eigenvalue weighted by atomic mass is 10.00. The van der Waals surface area contributed by atoms with Crippen molar-refractivity contribution in [3.05, 3.63) is 34.6 Å². The molecule has 0 aliphatic rings. The fourth-order valence-electron chi connectivity index (χ4n) is 2.13. The summed E-state index contributed by atoms with van der Waals surface area (Å²) >= 11 is 5.84. The molecule has 1 N–H and O–H groups in total. The molecule has 1 rings (SSSR count). The molecule has 4 heteroatoms. The maximum atomic E-state index is 13.2. The Morgan fingerprint density at radius 1 is 1.35 bits per heavy atom. The molecule has 0 saturated carbocycles. The summed E-state index contributed by atoms with van der Waals surface area (Å²) < 4.78 is 18.5. The van der Waals surface area contributed by atoms with Crippen molar-refractivity contribution in [3.63, 3.8) is 0 Å². The summed E-state index contributed by atoms with van der Waals surface area (Å²) in [7, 11) is 1.74. The highest BCUT2D eigenvalue weighted by Gasteiger charge is 2.12. The molecule has 0 heterocycles. The molecule has 0 fully saturated rings. The second-order valence-electron chi connectivity index (χ2n) is 5.23. The molecule has 2 unspecified atom stereocenters. The van der Waals surface area contributed by atoms with Crippen molar-refractivity contribution in [2.24, 2.45) is 0 Å². The van der Waals surface area contributed by atoms with E-state index in [0.717, 1.165) is 37.8 Å². The van der Waals surface area contributed by atoms with Crippen LogP contribution in [0.25, 0.3) is 0 Å². The quantitative estimate of drug-likeness (QED) is 0.738. The van der Waals surface area contributed by atoms with E-state index >= 15 is 0 Å². The zero-order valence-electron chi connectivity index (χ0n) is 12.6. The number of hydrogen-bond acceptors (Lipinski definition) is 2. The Hall–Kier alpha value is -0.640. The van der Waals surface area contributed by atoms with E-state index in [9.17, 15) is 4.39 Å². The van der Waals surface area contributed by atoms with Gasteiger partial charge in [-0.2, -0.15) is 0 Å². The second-order valence-corrected chi connectivity index (χ2v) is 5.63.